The van der Waals surface area contributed by atoms with Crippen LogP contribution in [0.2, 0.25) is 0 Å². The van der Waals surface area contributed by atoms with Crippen molar-refractivity contribution in [3.63, 3.8) is 0 Å². The molecule has 158 valence electrons. The molecule has 0 aliphatic carbocycles. The summed E-state index contributed by atoms with van der Waals surface area (Å²) in [5.74, 6) is 0.272. The number of anilines is 2. The van der Waals surface area contributed by atoms with Gasteiger partial charge in [0.1, 0.15) is 11.4 Å². The summed E-state index contributed by atoms with van der Waals surface area (Å²) in [6, 6.07) is 1.31. The molecule has 28 heavy (non-hydrogen) atoms. The van der Waals surface area contributed by atoms with Gasteiger partial charge >= 0.3 is 6.18 Å². The second kappa shape index (κ2) is 6.91. The third kappa shape index (κ3) is 3.71. The molecule has 0 aromatic carbocycles. The molecule has 0 bridgehead atoms. The van der Waals surface area contributed by atoms with Gasteiger partial charge in [-0.3, -0.25) is 9.36 Å². The van der Waals surface area contributed by atoms with Crippen molar-refractivity contribution < 1.29 is 23.0 Å². The Morgan fingerprint density at radius 1 is 1.36 bits per heavy atom. The van der Waals surface area contributed by atoms with E-state index < -0.39 is 22.9 Å². The summed E-state index contributed by atoms with van der Waals surface area (Å²) in [5.41, 5.74) is -4.04. The minimum atomic E-state index is -4.55. The number of aliphatic hydroxyl groups is 1. The Kier molecular flexibility index (Phi) is 5.16. The lowest BCUT2D eigenvalue weighted by molar-refractivity contribution is -0.188. The molecule has 2 atom stereocenters. The second-order valence-corrected chi connectivity index (χ2v) is 8.44. The van der Waals surface area contributed by atoms with E-state index in [9.17, 15) is 23.1 Å². The van der Waals surface area contributed by atoms with Gasteiger partial charge in [-0.15, -0.1) is 0 Å². The summed E-state index contributed by atoms with van der Waals surface area (Å²) >= 11 is 0. The zero-order chi connectivity index (χ0) is 20.9. The Bertz CT molecular complexity index is 790. The monoisotopic (exact) mass is 404 g/mol. The first kappa shape index (κ1) is 20.9. The van der Waals surface area contributed by atoms with Crippen LogP contribution < -0.4 is 15.4 Å². The van der Waals surface area contributed by atoms with Crippen LogP contribution in [-0.2, 0) is 11.3 Å². The predicted octanol–water partition coefficient (Wildman–Crippen LogP) is 1.77. The van der Waals surface area contributed by atoms with Crippen molar-refractivity contribution >= 4 is 11.8 Å². The molecule has 0 saturated carbocycles. The third-order valence-electron chi connectivity index (χ3n) is 5.45. The van der Waals surface area contributed by atoms with E-state index in [2.05, 4.69) is 4.98 Å². The molecular formula is C18H27F3N4O3. The summed E-state index contributed by atoms with van der Waals surface area (Å²) in [7, 11) is 0. The lowest BCUT2D eigenvalue weighted by Crippen LogP contribution is -2.64. The Balaban J connectivity index is 2.14. The third-order valence-corrected chi connectivity index (χ3v) is 5.45. The fourth-order valence-corrected chi connectivity index (χ4v) is 3.72. The maximum Gasteiger partial charge on any atom is 0.411 e. The van der Waals surface area contributed by atoms with E-state index in [1.807, 2.05) is 11.8 Å². The topological polar surface area (TPSA) is 70.8 Å². The van der Waals surface area contributed by atoms with Crippen molar-refractivity contribution in [1.29, 1.82) is 0 Å². The Labute approximate surface area is 161 Å². The fraction of sp³-hybridized carbons (Fsp3) is 0.778. The number of aromatic nitrogens is 2. The van der Waals surface area contributed by atoms with E-state index in [0.29, 0.717) is 25.6 Å². The normalized spacial score (nSPS) is 26.4. The van der Waals surface area contributed by atoms with E-state index in [1.54, 1.807) is 0 Å². The van der Waals surface area contributed by atoms with Crippen molar-refractivity contribution in [1.82, 2.24) is 9.55 Å². The summed E-state index contributed by atoms with van der Waals surface area (Å²) in [5, 5.41) is 10.3. The minimum Gasteiger partial charge on any atom is -0.389 e. The number of hydrogen-bond donors (Lipinski definition) is 1. The first-order chi connectivity index (χ1) is 12.8. The Hall–Kier alpha value is -1.81. The molecule has 3 rings (SSSR count). The summed E-state index contributed by atoms with van der Waals surface area (Å²) in [6.07, 6.45) is -4.85. The largest absolute Gasteiger partial charge is 0.411 e. The van der Waals surface area contributed by atoms with Crippen molar-refractivity contribution in [2.45, 2.75) is 64.0 Å². The highest BCUT2D eigenvalue weighted by Gasteiger charge is 2.58. The Morgan fingerprint density at radius 3 is 2.61 bits per heavy atom. The van der Waals surface area contributed by atoms with Gasteiger partial charge in [0.15, 0.2) is 0 Å². The van der Waals surface area contributed by atoms with Gasteiger partial charge in [0.05, 0.1) is 24.9 Å². The number of halogens is 3. The highest BCUT2D eigenvalue weighted by Crippen LogP contribution is 2.43. The highest BCUT2D eigenvalue weighted by molar-refractivity contribution is 5.49. The molecule has 0 radical (unpaired) electrons. The zero-order valence-electron chi connectivity index (χ0n) is 16.6. The fourth-order valence-electron chi connectivity index (χ4n) is 3.72. The van der Waals surface area contributed by atoms with Crippen LogP contribution in [0, 0.1) is 0 Å². The van der Waals surface area contributed by atoms with Crippen LogP contribution >= 0.6 is 0 Å². The van der Waals surface area contributed by atoms with Crippen molar-refractivity contribution in [2.24, 2.45) is 0 Å². The molecule has 1 N–H and O–H groups in total. The summed E-state index contributed by atoms with van der Waals surface area (Å²) < 4.78 is 48.6. The maximum absolute atomic E-state index is 14.0. The van der Waals surface area contributed by atoms with E-state index in [0.717, 1.165) is 11.8 Å². The van der Waals surface area contributed by atoms with Gasteiger partial charge < -0.3 is 19.6 Å². The smallest absolute Gasteiger partial charge is 0.389 e. The average molecular weight is 404 g/mol. The zero-order valence-corrected chi connectivity index (χ0v) is 16.6. The molecule has 2 aliphatic rings. The lowest BCUT2D eigenvalue weighted by Gasteiger charge is -2.49. The molecule has 0 amide bonds. The molecule has 7 nitrogen and oxygen atoms in total. The molecular weight excluding hydrogens is 377 g/mol. The van der Waals surface area contributed by atoms with E-state index in [4.69, 9.17) is 4.74 Å². The first-order valence-electron chi connectivity index (χ1n) is 9.36. The molecule has 0 unspecified atom stereocenters. The van der Waals surface area contributed by atoms with Crippen LogP contribution in [-0.4, -0.2) is 64.3 Å². The molecule has 10 heteroatoms. The van der Waals surface area contributed by atoms with Crippen LogP contribution in [0.25, 0.3) is 0 Å². The van der Waals surface area contributed by atoms with Crippen molar-refractivity contribution in [3.8, 4) is 0 Å². The molecule has 0 spiro atoms. The summed E-state index contributed by atoms with van der Waals surface area (Å²) in [6.45, 7) is 6.90. The number of fused-ring (bicyclic) bond motifs is 1. The number of ether oxygens (including phenoxy) is 1. The Morgan fingerprint density at radius 2 is 2.04 bits per heavy atom. The van der Waals surface area contributed by atoms with E-state index in [-0.39, 0.29) is 31.5 Å². The standard InChI is InChI=1S/C18H27F3N4O3/c1-12-10-28-8-7-23(12)13-9-14(26)24-6-5-17(4,18(19,20)21)25(15(24)22-13)11-16(2,3)27/h9,12,27H,5-8,10-11H2,1-4H3/t12-,17+/m1/s1. The van der Waals surface area contributed by atoms with Gasteiger partial charge in [0.2, 0.25) is 5.95 Å². The summed E-state index contributed by atoms with van der Waals surface area (Å²) in [4.78, 5) is 20.1. The van der Waals surface area contributed by atoms with Gasteiger partial charge in [-0.1, -0.05) is 0 Å². The SMILES string of the molecule is C[C@@H]1COCCN1c1cc(=O)n2c(n1)N(CC(C)(C)O)[C@](C)(C(F)(F)F)CC2. The molecule has 2 aliphatic heterocycles. The molecule has 1 aromatic heterocycles. The first-order valence-corrected chi connectivity index (χ1v) is 9.36. The van der Waals surface area contributed by atoms with Crippen LogP contribution in [0.3, 0.4) is 0 Å². The van der Waals surface area contributed by atoms with Crippen LogP contribution in [0.5, 0.6) is 0 Å². The second-order valence-electron chi connectivity index (χ2n) is 8.44. The number of β-amino-alcohol motifs (C(OH)–C–C–N with tert-alkyl or cyclic N) is 1. The van der Waals surface area contributed by atoms with Gasteiger partial charge in [-0.05, 0) is 34.1 Å². The van der Waals surface area contributed by atoms with Crippen molar-refractivity contribution in [3.05, 3.63) is 16.4 Å². The number of hydrogen-bond acceptors (Lipinski definition) is 6. The highest BCUT2D eigenvalue weighted by atomic mass is 19.4. The molecule has 1 fully saturated rings. The van der Waals surface area contributed by atoms with Gasteiger partial charge in [-0.25, -0.2) is 0 Å². The number of rotatable bonds is 3. The lowest BCUT2D eigenvalue weighted by atomic mass is 9.91. The minimum absolute atomic E-state index is 0.0518. The van der Waals surface area contributed by atoms with E-state index in [1.165, 1.54) is 24.5 Å². The predicted molar refractivity (Wildman–Crippen MR) is 98.8 cm³/mol. The number of morpholine rings is 1. The molecule has 1 saturated heterocycles. The average Bonchev–Trinajstić information content (AvgIpc) is 2.56. The van der Waals surface area contributed by atoms with Gasteiger partial charge in [-0.2, -0.15) is 18.2 Å². The number of alkyl halides is 3. The number of nitrogens with zero attached hydrogens (tertiary/aromatic N) is 4. The quantitative estimate of drug-likeness (QED) is 0.828. The molecule has 1 aromatic rings. The van der Waals surface area contributed by atoms with Crippen molar-refractivity contribution in [2.75, 3.05) is 36.1 Å². The van der Waals surface area contributed by atoms with Crippen LogP contribution in [0.1, 0.15) is 34.1 Å². The van der Waals surface area contributed by atoms with Crippen LogP contribution in [0.4, 0.5) is 24.9 Å². The molecule has 3 heterocycles. The maximum atomic E-state index is 14.0. The van der Waals surface area contributed by atoms with Gasteiger partial charge in [0.25, 0.3) is 5.56 Å². The van der Waals surface area contributed by atoms with E-state index >= 15 is 0 Å². The van der Waals surface area contributed by atoms with Gasteiger partial charge in [0, 0.05) is 25.7 Å². The van der Waals surface area contributed by atoms with Crippen LogP contribution in [0.15, 0.2) is 10.9 Å².